The molecule has 0 amide bonds. The predicted octanol–water partition coefficient (Wildman–Crippen LogP) is 3.56. The Morgan fingerprint density at radius 2 is 1.95 bits per heavy atom. The first-order valence-electron chi connectivity index (χ1n) is 5.98. The Morgan fingerprint density at radius 1 is 1.26 bits per heavy atom. The molecule has 3 nitrogen and oxygen atoms in total. The first-order valence-corrected chi connectivity index (χ1v) is 7.23. The van der Waals surface area contributed by atoms with Gasteiger partial charge in [-0.25, -0.2) is 0 Å². The van der Waals surface area contributed by atoms with E-state index in [0.29, 0.717) is 35.3 Å². The monoisotopic (exact) mass is 296 g/mol. The topological polar surface area (TPSA) is 38.7 Å². The molecule has 1 N–H and O–H groups in total. The molecule has 0 bridgehead atoms. The number of hydrogen-bond acceptors (Lipinski definition) is 4. The second-order valence-corrected chi connectivity index (χ2v) is 5.74. The van der Waals surface area contributed by atoms with E-state index in [2.05, 4.69) is 0 Å². The molecular formula is C14H13ClO3S. The van der Waals surface area contributed by atoms with Crippen LogP contribution in [0, 0.1) is 6.92 Å². The van der Waals surface area contributed by atoms with E-state index >= 15 is 0 Å². The van der Waals surface area contributed by atoms with Gasteiger partial charge in [-0.3, -0.25) is 0 Å². The molecule has 1 aromatic carbocycles. The van der Waals surface area contributed by atoms with Crippen molar-refractivity contribution >= 4 is 22.9 Å². The maximum absolute atomic E-state index is 10.5. The second kappa shape index (κ2) is 5.04. The van der Waals surface area contributed by atoms with E-state index < -0.39 is 6.10 Å². The number of benzene rings is 1. The van der Waals surface area contributed by atoms with Crippen LogP contribution in [0.4, 0.5) is 0 Å². The van der Waals surface area contributed by atoms with Gasteiger partial charge in [0.2, 0.25) is 0 Å². The highest BCUT2D eigenvalue weighted by atomic mass is 35.5. The first kappa shape index (κ1) is 12.8. The van der Waals surface area contributed by atoms with Crippen molar-refractivity contribution in [1.82, 2.24) is 0 Å². The summed E-state index contributed by atoms with van der Waals surface area (Å²) in [6, 6.07) is 5.45. The average Bonchev–Trinajstić information content (AvgIpc) is 2.83. The Morgan fingerprint density at radius 3 is 2.58 bits per heavy atom. The van der Waals surface area contributed by atoms with E-state index in [1.165, 1.54) is 11.3 Å². The molecule has 2 heterocycles. The fourth-order valence-electron chi connectivity index (χ4n) is 2.10. The van der Waals surface area contributed by atoms with Crippen LogP contribution in [0.15, 0.2) is 23.6 Å². The lowest BCUT2D eigenvalue weighted by Gasteiger charge is -2.21. The number of aliphatic hydroxyl groups excluding tert-OH is 1. The predicted molar refractivity (Wildman–Crippen MR) is 75.6 cm³/mol. The highest BCUT2D eigenvalue weighted by molar-refractivity contribution is 7.10. The van der Waals surface area contributed by atoms with Crippen molar-refractivity contribution in [2.24, 2.45) is 0 Å². The van der Waals surface area contributed by atoms with Crippen LogP contribution in [-0.4, -0.2) is 18.3 Å². The number of rotatable bonds is 2. The fraction of sp³-hybridized carbons (Fsp3) is 0.286. The summed E-state index contributed by atoms with van der Waals surface area (Å²) in [6.45, 7) is 3.01. The molecule has 0 saturated carbocycles. The first-order chi connectivity index (χ1) is 9.16. The lowest BCUT2D eigenvalue weighted by atomic mass is 10.0. The minimum Gasteiger partial charge on any atom is -0.486 e. The molecule has 0 spiro atoms. The van der Waals surface area contributed by atoms with Gasteiger partial charge in [0, 0.05) is 16.5 Å². The molecule has 19 heavy (non-hydrogen) atoms. The van der Waals surface area contributed by atoms with E-state index in [-0.39, 0.29) is 0 Å². The SMILES string of the molecule is Cc1ccsc1C(O)c1cc2c(cc1Cl)OCCO2. The Labute approximate surface area is 120 Å². The third-order valence-corrected chi connectivity index (χ3v) is 4.50. The lowest BCUT2D eigenvalue weighted by Crippen LogP contribution is -2.16. The average molecular weight is 297 g/mol. The maximum atomic E-state index is 10.5. The summed E-state index contributed by atoms with van der Waals surface area (Å²) in [4.78, 5) is 0.901. The van der Waals surface area contributed by atoms with Crippen LogP contribution in [0.1, 0.15) is 22.1 Å². The number of aliphatic hydroxyl groups is 1. The zero-order valence-corrected chi connectivity index (χ0v) is 11.9. The number of fused-ring (bicyclic) bond motifs is 1. The van der Waals surface area contributed by atoms with E-state index in [1.807, 2.05) is 18.4 Å². The van der Waals surface area contributed by atoms with Crippen LogP contribution in [0.3, 0.4) is 0 Å². The van der Waals surface area contributed by atoms with Crippen LogP contribution in [0.25, 0.3) is 0 Å². The number of ether oxygens (including phenoxy) is 2. The molecule has 100 valence electrons. The molecule has 0 fully saturated rings. The molecule has 1 aliphatic heterocycles. The van der Waals surface area contributed by atoms with E-state index in [9.17, 15) is 5.11 Å². The summed E-state index contributed by atoms with van der Waals surface area (Å²) in [5.41, 5.74) is 1.71. The fourth-order valence-corrected chi connectivity index (χ4v) is 3.28. The van der Waals surface area contributed by atoms with Gasteiger partial charge in [0.15, 0.2) is 11.5 Å². The van der Waals surface area contributed by atoms with Crippen molar-refractivity contribution in [3.63, 3.8) is 0 Å². The zero-order valence-electron chi connectivity index (χ0n) is 10.4. The minimum absolute atomic E-state index is 0.490. The van der Waals surface area contributed by atoms with E-state index in [0.717, 1.165) is 10.4 Å². The minimum atomic E-state index is -0.733. The van der Waals surface area contributed by atoms with Gasteiger partial charge in [-0.15, -0.1) is 11.3 Å². The van der Waals surface area contributed by atoms with Gasteiger partial charge in [0.25, 0.3) is 0 Å². The smallest absolute Gasteiger partial charge is 0.162 e. The van der Waals surface area contributed by atoms with E-state index in [4.69, 9.17) is 21.1 Å². The lowest BCUT2D eigenvalue weighted by molar-refractivity contribution is 0.170. The summed E-state index contributed by atoms with van der Waals surface area (Å²) < 4.78 is 11.0. The summed E-state index contributed by atoms with van der Waals surface area (Å²) >= 11 is 7.75. The van der Waals surface area contributed by atoms with Crippen molar-refractivity contribution in [3.05, 3.63) is 44.6 Å². The molecule has 0 saturated heterocycles. The van der Waals surface area contributed by atoms with Gasteiger partial charge in [-0.1, -0.05) is 11.6 Å². The summed E-state index contributed by atoms with van der Waals surface area (Å²) in [5.74, 6) is 1.27. The summed E-state index contributed by atoms with van der Waals surface area (Å²) in [7, 11) is 0. The molecule has 1 aromatic heterocycles. The largest absolute Gasteiger partial charge is 0.486 e. The van der Waals surface area contributed by atoms with Crippen LogP contribution in [0.5, 0.6) is 11.5 Å². The molecule has 1 unspecified atom stereocenters. The highest BCUT2D eigenvalue weighted by Crippen LogP contribution is 2.40. The van der Waals surface area contributed by atoms with Gasteiger partial charge in [0.05, 0.1) is 5.02 Å². The van der Waals surface area contributed by atoms with Crippen molar-refractivity contribution in [2.45, 2.75) is 13.0 Å². The Kier molecular flexibility index (Phi) is 3.39. The number of hydrogen-bond donors (Lipinski definition) is 1. The zero-order chi connectivity index (χ0) is 13.4. The molecule has 1 aliphatic rings. The van der Waals surface area contributed by atoms with Crippen LogP contribution in [0.2, 0.25) is 5.02 Å². The Hall–Kier alpha value is -1.23. The summed E-state index contributed by atoms with van der Waals surface area (Å²) in [5, 5.41) is 12.9. The normalized spacial score (nSPS) is 15.3. The van der Waals surface area contributed by atoms with Crippen molar-refractivity contribution < 1.29 is 14.6 Å². The van der Waals surface area contributed by atoms with Gasteiger partial charge in [-0.2, -0.15) is 0 Å². The maximum Gasteiger partial charge on any atom is 0.162 e. The molecule has 1 atom stereocenters. The number of aryl methyl sites for hydroxylation is 1. The van der Waals surface area contributed by atoms with E-state index in [1.54, 1.807) is 12.1 Å². The van der Waals surface area contributed by atoms with Crippen molar-refractivity contribution in [1.29, 1.82) is 0 Å². The molecule has 0 radical (unpaired) electrons. The van der Waals surface area contributed by atoms with Gasteiger partial charge < -0.3 is 14.6 Å². The Balaban J connectivity index is 2.03. The third-order valence-electron chi connectivity index (χ3n) is 3.11. The van der Waals surface area contributed by atoms with Crippen LogP contribution < -0.4 is 9.47 Å². The summed E-state index contributed by atoms with van der Waals surface area (Å²) in [6.07, 6.45) is -0.733. The number of halogens is 1. The molecule has 3 rings (SSSR count). The highest BCUT2D eigenvalue weighted by Gasteiger charge is 2.22. The molecular weight excluding hydrogens is 284 g/mol. The molecule has 5 heteroatoms. The Bertz CT molecular complexity index is 609. The van der Waals surface area contributed by atoms with Gasteiger partial charge >= 0.3 is 0 Å². The van der Waals surface area contributed by atoms with Gasteiger partial charge in [0.1, 0.15) is 19.3 Å². The molecule has 2 aromatic rings. The second-order valence-electron chi connectivity index (χ2n) is 4.39. The van der Waals surface area contributed by atoms with Crippen molar-refractivity contribution in [2.75, 3.05) is 13.2 Å². The van der Waals surface area contributed by atoms with Crippen LogP contribution in [-0.2, 0) is 0 Å². The quantitative estimate of drug-likeness (QED) is 0.921. The third kappa shape index (κ3) is 2.31. The van der Waals surface area contributed by atoms with Crippen LogP contribution >= 0.6 is 22.9 Å². The van der Waals surface area contributed by atoms with Gasteiger partial charge in [-0.05, 0) is 30.0 Å². The standard InChI is InChI=1S/C14H13ClO3S/c1-8-2-5-19-14(8)13(16)9-6-11-12(7-10(9)15)18-4-3-17-11/h2,5-7,13,16H,3-4H2,1H3. The molecule has 0 aliphatic carbocycles. The number of thiophene rings is 1. The van der Waals surface area contributed by atoms with Crippen molar-refractivity contribution in [3.8, 4) is 11.5 Å².